The molecule has 0 radical (unpaired) electrons. The SMILES string of the molecule is O=C1OCc2cc(N(Cc3ccc(C4CCCCC4)cn3)C(=O)CNSc3c(F)c(F)c(F)c(F)c3F)ccc21. The van der Waals surface area contributed by atoms with Crippen LogP contribution >= 0.6 is 11.9 Å². The minimum atomic E-state index is -2.26. The number of esters is 1. The highest BCUT2D eigenvalue weighted by Gasteiger charge is 2.28. The topological polar surface area (TPSA) is 71.5 Å². The number of nitrogens with one attached hydrogen (secondary N) is 1. The van der Waals surface area contributed by atoms with Crippen LogP contribution < -0.4 is 9.62 Å². The zero-order valence-corrected chi connectivity index (χ0v) is 21.9. The van der Waals surface area contributed by atoms with Gasteiger partial charge in [0.1, 0.15) is 11.5 Å². The van der Waals surface area contributed by atoms with E-state index in [0.29, 0.717) is 28.4 Å². The molecule has 0 spiro atoms. The second-order valence-corrected chi connectivity index (χ2v) is 10.5. The second-order valence-electron chi connectivity index (χ2n) is 9.64. The number of nitrogens with zero attached hydrogens (tertiary/aromatic N) is 2. The maximum Gasteiger partial charge on any atom is 0.338 e. The molecule has 0 unspecified atom stereocenters. The normalized spacial score (nSPS) is 15.2. The average molecular weight is 578 g/mol. The summed E-state index contributed by atoms with van der Waals surface area (Å²) in [6, 6.07) is 8.56. The Bertz CT molecular complexity index is 1420. The maximum atomic E-state index is 14.0. The van der Waals surface area contributed by atoms with Crippen LogP contribution in [0.25, 0.3) is 0 Å². The van der Waals surface area contributed by atoms with Gasteiger partial charge in [0.2, 0.25) is 11.7 Å². The van der Waals surface area contributed by atoms with Crippen molar-refractivity contribution in [2.75, 3.05) is 11.4 Å². The number of carbonyl (C=O) groups excluding carboxylic acids is 2. The molecule has 12 heteroatoms. The molecule has 2 aromatic carbocycles. The monoisotopic (exact) mass is 577 g/mol. The first-order chi connectivity index (χ1) is 19.2. The number of fused-ring (bicyclic) bond motifs is 1. The van der Waals surface area contributed by atoms with Gasteiger partial charge in [-0.3, -0.25) is 14.5 Å². The zero-order chi connectivity index (χ0) is 28.4. The molecule has 0 atom stereocenters. The predicted octanol–water partition coefficient (Wildman–Crippen LogP) is 6.33. The predicted molar refractivity (Wildman–Crippen MR) is 137 cm³/mol. The number of anilines is 1. The molecule has 3 aromatic rings. The van der Waals surface area contributed by atoms with Crippen LogP contribution in [-0.2, 0) is 22.7 Å². The molecule has 1 saturated carbocycles. The number of aromatic nitrogens is 1. The standard InChI is InChI=1S/C28H24F5N3O3S/c29-22-23(30)25(32)27(26(33)24(22)31)40-35-12-21(37)36(19-8-9-20-17(10-19)14-39-28(20)38)13-18-7-6-16(11-34-18)15-4-2-1-3-5-15/h6-11,15,35H,1-5,12-14H2. The summed E-state index contributed by atoms with van der Waals surface area (Å²) in [5.41, 5.74) is 3.10. The van der Waals surface area contributed by atoms with Gasteiger partial charge in [-0.05, 0) is 60.5 Å². The molecule has 1 fully saturated rings. The number of ether oxygens (including phenoxy) is 1. The first-order valence-corrected chi connectivity index (χ1v) is 13.5. The van der Waals surface area contributed by atoms with Crippen molar-refractivity contribution >= 4 is 29.5 Å². The second kappa shape index (κ2) is 11.9. The lowest BCUT2D eigenvalue weighted by Gasteiger charge is -2.24. The molecule has 0 bridgehead atoms. The van der Waals surface area contributed by atoms with Crippen LogP contribution in [0, 0.1) is 29.1 Å². The van der Waals surface area contributed by atoms with Crippen molar-refractivity contribution in [2.45, 2.75) is 56.1 Å². The van der Waals surface area contributed by atoms with Gasteiger partial charge in [-0.15, -0.1) is 0 Å². The fraction of sp³-hybridized carbons (Fsp3) is 0.321. The van der Waals surface area contributed by atoms with E-state index in [4.69, 9.17) is 4.74 Å². The van der Waals surface area contributed by atoms with Gasteiger partial charge in [-0.1, -0.05) is 25.3 Å². The van der Waals surface area contributed by atoms with Crippen LogP contribution in [0.2, 0.25) is 0 Å². The number of rotatable bonds is 8. The Labute approximate surface area is 231 Å². The first-order valence-electron chi connectivity index (χ1n) is 12.7. The third-order valence-corrected chi connectivity index (χ3v) is 7.94. The molecule has 1 aliphatic carbocycles. The van der Waals surface area contributed by atoms with Crippen molar-refractivity contribution in [3.8, 4) is 0 Å². The van der Waals surface area contributed by atoms with Crippen molar-refractivity contribution in [3.63, 3.8) is 0 Å². The van der Waals surface area contributed by atoms with E-state index in [1.54, 1.807) is 18.3 Å². The molecule has 2 heterocycles. The van der Waals surface area contributed by atoms with E-state index < -0.39 is 52.4 Å². The lowest BCUT2D eigenvalue weighted by atomic mass is 9.85. The van der Waals surface area contributed by atoms with Gasteiger partial charge in [-0.25, -0.2) is 26.7 Å². The number of amides is 1. The number of pyridine rings is 1. The molecule has 1 amide bonds. The maximum absolute atomic E-state index is 14.0. The van der Waals surface area contributed by atoms with Gasteiger partial charge in [0.15, 0.2) is 23.3 Å². The van der Waals surface area contributed by atoms with Gasteiger partial charge in [0.25, 0.3) is 0 Å². The zero-order valence-electron chi connectivity index (χ0n) is 21.1. The van der Waals surface area contributed by atoms with E-state index in [-0.39, 0.29) is 25.1 Å². The molecule has 1 aliphatic heterocycles. The fourth-order valence-electron chi connectivity index (χ4n) is 4.92. The minimum Gasteiger partial charge on any atom is -0.457 e. The first kappa shape index (κ1) is 28.0. The van der Waals surface area contributed by atoms with Gasteiger partial charge in [-0.2, -0.15) is 0 Å². The number of halogens is 5. The lowest BCUT2D eigenvalue weighted by Crippen LogP contribution is -2.36. The molecule has 2 aliphatic rings. The van der Waals surface area contributed by atoms with Crippen LogP contribution in [0.1, 0.15) is 65.2 Å². The smallest absolute Gasteiger partial charge is 0.338 e. The number of benzene rings is 2. The van der Waals surface area contributed by atoms with E-state index >= 15 is 0 Å². The van der Waals surface area contributed by atoms with Crippen molar-refractivity contribution < 1.29 is 36.3 Å². The Kier molecular flexibility index (Phi) is 8.36. The Morgan fingerprint density at radius 1 is 0.975 bits per heavy atom. The third kappa shape index (κ3) is 5.68. The molecule has 40 heavy (non-hydrogen) atoms. The summed E-state index contributed by atoms with van der Waals surface area (Å²) in [5.74, 6) is -11.0. The van der Waals surface area contributed by atoms with Crippen molar-refractivity contribution in [1.29, 1.82) is 0 Å². The fourth-order valence-corrected chi connectivity index (χ4v) is 5.62. The van der Waals surface area contributed by atoms with Gasteiger partial charge < -0.3 is 9.64 Å². The molecule has 6 nitrogen and oxygen atoms in total. The number of hydrogen-bond acceptors (Lipinski definition) is 6. The molecular formula is C28H24F5N3O3S. The van der Waals surface area contributed by atoms with E-state index in [1.807, 2.05) is 12.1 Å². The van der Waals surface area contributed by atoms with Crippen molar-refractivity contribution in [1.82, 2.24) is 9.71 Å². The molecule has 1 aromatic heterocycles. The Morgan fingerprint density at radius 2 is 1.68 bits per heavy atom. The Hall–Kier alpha value is -3.51. The third-order valence-electron chi connectivity index (χ3n) is 7.09. The highest BCUT2D eigenvalue weighted by molar-refractivity contribution is 7.97. The Balaban J connectivity index is 1.35. The minimum absolute atomic E-state index is 0.0340. The summed E-state index contributed by atoms with van der Waals surface area (Å²) in [6.07, 6.45) is 7.60. The summed E-state index contributed by atoms with van der Waals surface area (Å²) in [7, 11) is 0. The molecule has 0 saturated heterocycles. The molecular weight excluding hydrogens is 553 g/mol. The van der Waals surface area contributed by atoms with Gasteiger partial charge >= 0.3 is 5.97 Å². The van der Waals surface area contributed by atoms with Crippen molar-refractivity contribution in [3.05, 3.63) is 88.0 Å². The van der Waals surface area contributed by atoms with Gasteiger partial charge in [0, 0.05) is 17.4 Å². The summed E-state index contributed by atoms with van der Waals surface area (Å²) in [5, 5.41) is 0. The molecule has 1 N–H and O–H groups in total. The number of hydrogen-bond donors (Lipinski definition) is 1. The van der Waals surface area contributed by atoms with Crippen LogP contribution in [-0.4, -0.2) is 23.4 Å². The van der Waals surface area contributed by atoms with Crippen LogP contribution in [0.5, 0.6) is 0 Å². The van der Waals surface area contributed by atoms with Crippen LogP contribution in [0.15, 0.2) is 41.4 Å². The van der Waals surface area contributed by atoms with Crippen LogP contribution in [0.4, 0.5) is 27.6 Å². The van der Waals surface area contributed by atoms with E-state index in [2.05, 4.69) is 9.71 Å². The lowest BCUT2D eigenvalue weighted by molar-refractivity contribution is -0.117. The van der Waals surface area contributed by atoms with E-state index in [9.17, 15) is 31.5 Å². The highest BCUT2D eigenvalue weighted by Crippen LogP contribution is 2.33. The summed E-state index contributed by atoms with van der Waals surface area (Å²) in [4.78, 5) is 29.9. The largest absolute Gasteiger partial charge is 0.457 e. The highest BCUT2D eigenvalue weighted by atomic mass is 32.2. The Morgan fingerprint density at radius 3 is 2.35 bits per heavy atom. The summed E-state index contributed by atoms with van der Waals surface area (Å²) < 4.78 is 76.0. The quantitative estimate of drug-likeness (QED) is 0.111. The van der Waals surface area contributed by atoms with Crippen molar-refractivity contribution in [2.24, 2.45) is 0 Å². The number of carbonyl (C=O) groups is 2. The molecule has 5 rings (SSSR count). The van der Waals surface area contributed by atoms with Gasteiger partial charge in [0.05, 0.1) is 24.3 Å². The average Bonchev–Trinajstić information content (AvgIpc) is 3.36. The summed E-state index contributed by atoms with van der Waals surface area (Å²) in [6.45, 7) is -0.435. The number of cyclic esters (lactones) is 1. The van der Waals surface area contributed by atoms with Crippen LogP contribution in [0.3, 0.4) is 0 Å². The summed E-state index contributed by atoms with van der Waals surface area (Å²) >= 11 is 0.122. The van der Waals surface area contributed by atoms with E-state index in [1.165, 1.54) is 30.2 Å². The molecule has 210 valence electrons. The van der Waals surface area contributed by atoms with E-state index in [0.717, 1.165) is 18.4 Å².